The van der Waals surface area contributed by atoms with E-state index in [-0.39, 0.29) is 5.82 Å². The van der Waals surface area contributed by atoms with Crippen molar-refractivity contribution in [3.63, 3.8) is 0 Å². The number of aromatic nitrogens is 2. The molecule has 0 atom stereocenters. The van der Waals surface area contributed by atoms with Gasteiger partial charge >= 0.3 is 5.69 Å². The maximum absolute atomic E-state index is 10.6. The highest BCUT2D eigenvalue weighted by Crippen LogP contribution is 1.85. The lowest BCUT2D eigenvalue weighted by molar-refractivity contribution is 0.544. The van der Waals surface area contributed by atoms with Gasteiger partial charge in [-0.3, -0.25) is 4.79 Å². The van der Waals surface area contributed by atoms with E-state index < -0.39 is 5.69 Å². The number of rotatable bonds is 1. The van der Waals surface area contributed by atoms with E-state index in [1.807, 2.05) is 0 Å². The Labute approximate surface area is 56.1 Å². The molecule has 1 rings (SSSR count). The lowest BCUT2D eigenvalue weighted by atomic mass is 10.6. The first-order valence-electron chi connectivity index (χ1n) is 2.54. The quantitative estimate of drug-likeness (QED) is 0.499. The summed E-state index contributed by atoms with van der Waals surface area (Å²) >= 11 is 0. The van der Waals surface area contributed by atoms with Crippen LogP contribution in [-0.2, 0) is 4.79 Å². The Kier molecular flexibility index (Phi) is 1.49. The smallest absolute Gasteiger partial charge is 0.356 e. The minimum absolute atomic E-state index is 0.114. The molecule has 0 aliphatic carbocycles. The largest absolute Gasteiger partial charge is 0.383 e. The summed E-state index contributed by atoms with van der Waals surface area (Å²) < 4.78 is 0.802. The van der Waals surface area contributed by atoms with Crippen LogP contribution in [0.15, 0.2) is 17.1 Å². The van der Waals surface area contributed by atoms with Crippen molar-refractivity contribution in [2.24, 2.45) is 0 Å². The standard InChI is InChI=1S/C5H5N3O2/c6-4-1-2-8(3-9)5(10)7-4/h1-3H,(H2,6,7,10). The zero-order valence-corrected chi connectivity index (χ0v) is 5.02. The molecule has 1 heterocycles. The van der Waals surface area contributed by atoms with Crippen molar-refractivity contribution < 1.29 is 4.79 Å². The van der Waals surface area contributed by atoms with Crippen LogP contribution in [0.4, 0.5) is 5.82 Å². The van der Waals surface area contributed by atoms with Gasteiger partial charge < -0.3 is 5.73 Å². The maximum atomic E-state index is 10.6. The molecule has 0 spiro atoms. The summed E-state index contributed by atoms with van der Waals surface area (Å²) in [7, 11) is 0. The Morgan fingerprint density at radius 3 is 2.90 bits per heavy atom. The molecule has 1 aromatic heterocycles. The molecular weight excluding hydrogens is 134 g/mol. The van der Waals surface area contributed by atoms with E-state index >= 15 is 0 Å². The molecule has 0 amide bonds. The fourth-order valence-electron chi connectivity index (χ4n) is 0.506. The van der Waals surface area contributed by atoms with Gasteiger partial charge in [0.2, 0.25) is 6.41 Å². The first-order valence-corrected chi connectivity index (χ1v) is 2.54. The van der Waals surface area contributed by atoms with Gasteiger partial charge in [-0.1, -0.05) is 0 Å². The Morgan fingerprint density at radius 2 is 2.40 bits per heavy atom. The minimum Gasteiger partial charge on any atom is -0.383 e. The Hall–Kier alpha value is -1.65. The van der Waals surface area contributed by atoms with Crippen molar-refractivity contribution in [2.45, 2.75) is 0 Å². The molecule has 0 aromatic carbocycles. The van der Waals surface area contributed by atoms with Gasteiger partial charge in [-0.2, -0.15) is 4.98 Å². The highest BCUT2D eigenvalue weighted by molar-refractivity contribution is 5.51. The third-order valence-corrected chi connectivity index (χ3v) is 0.965. The average molecular weight is 139 g/mol. The second-order valence-corrected chi connectivity index (χ2v) is 1.65. The third kappa shape index (κ3) is 1.02. The first-order chi connectivity index (χ1) is 4.74. The summed E-state index contributed by atoms with van der Waals surface area (Å²) in [6.07, 6.45) is 1.63. The minimum atomic E-state index is -0.657. The van der Waals surface area contributed by atoms with Crippen LogP contribution in [0, 0.1) is 0 Å². The van der Waals surface area contributed by atoms with E-state index in [0.717, 1.165) is 4.57 Å². The van der Waals surface area contributed by atoms with Gasteiger partial charge in [-0.25, -0.2) is 9.36 Å². The lowest BCUT2D eigenvalue weighted by Gasteiger charge is -1.91. The van der Waals surface area contributed by atoms with E-state index in [0.29, 0.717) is 6.41 Å². The molecule has 5 nitrogen and oxygen atoms in total. The molecule has 0 aliphatic heterocycles. The SMILES string of the molecule is Nc1ccn(C=O)c(=O)n1. The number of nitrogen functional groups attached to an aromatic ring is 1. The normalized spacial score (nSPS) is 9.20. The number of carbonyl (C=O) groups is 1. The van der Waals surface area contributed by atoms with Crippen molar-refractivity contribution in [2.75, 3.05) is 5.73 Å². The zero-order valence-electron chi connectivity index (χ0n) is 5.02. The second kappa shape index (κ2) is 2.30. The van der Waals surface area contributed by atoms with E-state index in [1.54, 1.807) is 0 Å². The van der Waals surface area contributed by atoms with Crippen LogP contribution in [0.3, 0.4) is 0 Å². The third-order valence-electron chi connectivity index (χ3n) is 0.965. The van der Waals surface area contributed by atoms with Crippen LogP contribution < -0.4 is 11.4 Å². The number of anilines is 1. The van der Waals surface area contributed by atoms with Crippen molar-refractivity contribution in [3.8, 4) is 0 Å². The highest BCUT2D eigenvalue weighted by Gasteiger charge is 1.92. The molecule has 10 heavy (non-hydrogen) atoms. The van der Waals surface area contributed by atoms with Gasteiger partial charge in [-0.05, 0) is 6.07 Å². The monoisotopic (exact) mass is 139 g/mol. The van der Waals surface area contributed by atoms with Crippen LogP contribution in [0.25, 0.3) is 0 Å². The first kappa shape index (κ1) is 6.47. The van der Waals surface area contributed by atoms with Gasteiger partial charge in [0.25, 0.3) is 0 Å². The summed E-state index contributed by atoms with van der Waals surface area (Å²) in [5, 5.41) is 0. The van der Waals surface area contributed by atoms with Crippen molar-refractivity contribution >= 4 is 12.2 Å². The highest BCUT2D eigenvalue weighted by atomic mass is 16.2. The maximum Gasteiger partial charge on any atom is 0.356 e. The van der Waals surface area contributed by atoms with E-state index in [1.165, 1.54) is 12.3 Å². The molecule has 52 valence electrons. The fourth-order valence-corrected chi connectivity index (χ4v) is 0.506. The van der Waals surface area contributed by atoms with Gasteiger partial charge in [0.15, 0.2) is 0 Å². The molecular formula is C5H5N3O2. The van der Waals surface area contributed by atoms with E-state index in [2.05, 4.69) is 4.98 Å². The van der Waals surface area contributed by atoms with Crippen LogP contribution >= 0.6 is 0 Å². The second-order valence-electron chi connectivity index (χ2n) is 1.65. The molecule has 0 fully saturated rings. The van der Waals surface area contributed by atoms with Crippen LogP contribution in [0.2, 0.25) is 0 Å². The number of nitrogens with zero attached hydrogens (tertiary/aromatic N) is 2. The van der Waals surface area contributed by atoms with E-state index in [9.17, 15) is 9.59 Å². The molecule has 2 N–H and O–H groups in total. The number of nitrogens with two attached hydrogens (primary N) is 1. The average Bonchev–Trinajstić information content (AvgIpc) is 1.88. The van der Waals surface area contributed by atoms with Crippen LogP contribution in [0.5, 0.6) is 0 Å². The van der Waals surface area contributed by atoms with Crippen LogP contribution in [-0.4, -0.2) is 16.0 Å². The van der Waals surface area contributed by atoms with E-state index in [4.69, 9.17) is 5.73 Å². The van der Waals surface area contributed by atoms with Crippen LogP contribution in [0.1, 0.15) is 0 Å². The van der Waals surface area contributed by atoms with Gasteiger partial charge in [0.05, 0.1) is 0 Å². The molecule has 0 saturated heterocycles. The number of hydrogen-bond acceptors (Lipinski definition) is 4. The lowest BCUT2D eigenvalue weighted by Crippen LogP contribution is -2.22. The topological polar surface area (TPSA) is 78.0 Å². The Bertz CT molecular complexity index is 304. The van der Waals surface area contributed by atoms with Gasteiger partial charge in [0.1, 0.15) is 5.82 Å². The molecule has 0 aliphatic rings. The predicted molar refractivity (Wildman–Crippen MR) is 35.1 cm³/mol. The predicted octanol–water partition coefficient (Wildman–Crippen LogP) is -1.14. The summed E-state index contributed by atoms with van der Waals surface area (Å²) in [6.45, 7) is 0. The summed E-state index contributed by atoms with van der Waals surface area (Å²) in [5.74, 6) is 0.114. The molecule has 0 unspecified atom stereocenters. The number of hydrogen-bond donors (Lipinski definition) is 1. The van der Waals surface area contributed by atoms with Gasteiger partial charge in [0, 0.05) is 6.20 Å². The fraction of sp³-hybridized carbons (Fsp3) is 0. The molecule has 0 radical (unpaired) electrons. The summed E-state index contributed by atoms with van der Waals surface area (Å²) in [6, 6.07) is 1.37. The zero-order chi connectivity index (χ0) is 7.56. The summed E-state index contributed by atoms with van der Waals surface area (Å²) in [5.41, 5.74) is 4.48. The molecule has 0 saturated carbocycles. The molecule has 5 heteroatoms. The van der Waals surface area contributed by atoms with Crippen molar-refractivity contribution in [1.29, 1.82) is 0 Å². The molecule has 0 bridgehead atoms. The summed E-state index contributed by atoms with van der Waals surface area (Å²) in [4.78, 5) is 23.9. The Morgan fingerprint density at radius 1 is 1.70 bits per heavy atom. The Balaban J connectivity index is 3.33. The van der Waals surface area contributed by atoms with Crippen molar-refractivity contribution in [3.05, 3.63) is 22.7 Å². The molecule has 1 aromatic rings. The van der Waals surface area contributed by atoms with Crippen molar-refractivity contribution in [1.82, 2.24) is 9.55 Å². The number of carbonyl (C=O) groups excluding carboxylic acids is 1. The van der Waals surface area contributed by atoms with Gasteiger partial charge in [-0.15, -0.1) is 0 Å².